The number of sulfonamides is 1. The van der Waals surface area contributed by atoms with E-state index in [1.807, 2.05) is 0 Å². The third kappa shape index (κ3) is 1.75. The zero-order chi connectivity index (χ0) is 9.35. The van der Waals surface area contributed by atoms with Crippen LogP contribution in [0.25, 0.3) is 0 Å². The number of aryl methyl sites for hydroxylation is 1. The van der Waals surface area contributed by atoms with E-state index in [1.54, 1.807) is 6.92 Å². The van der Waals surface area contributed by atoms with Gasteiger partial charge in [0, 0.05) is 0 Å². The van der Waals surface area contributed by atoms with Crippen LogP contribution in [0.4, 0.5) is 5.69 Å². The fourth-order valence-electron chi connectivity index (χ4n) is 0.813. The highest BCUT2D eigenvalue weighted by Crippen LogP contribution is 2.16. The van der Waals surface area contributed by atoms with Gasteiger partial charge in [-0.3, -0.25) is 0 Å². The minimum atomic E-state index is -3.63. The number of hydrogen-bond acceptors (Lipinski definition) is 2. The molecule has 1 radical (unpaired) electrons. The maximum absolute atomic E-state index is 10.8. The molecule has 1 aromatic rings. The van der Waals surface area contributed by atoms with Gasteiger partial charge in [0.25, 0.3) is 0 Å². The highest BCUT2D eigenvalue weighted by Gasteiger charge is 2.07. The summed E-state index contributed by atoms with van der Waals surface area (Å²) in [6, 6.07) is 4.12. The molecule has 65 valence electrons. The highest BCUT2D eigenvalue weighted by atomic mass is 32.2. The summed E-state index contributed by atoms with van der Waals surface area (Å²) < 4.78 is 21.6. The summed E-state index contributed by atoms with van der Waals surface area (Å²) in [6.45, 7) is 1.66. The van der Waals surface area contributed by atoms with Gasteiger partial charge in [-0.05, 0) is 30.7 Å². The molecule has 0 spiro atoms. The largest absolute Gasteiger partial charge is 0.301 e. The first-order valence-corrected chi connectivity index (χ1v) is 4.81. The molecule has 0 saturated heterocycles. The van der Waals surface area contributed by atoms with E-state index in [2.05, 4.69) is 0 Å². The minimum Gasteiger partial charge on any atom is -0.301 e. The normalized spacial score (nSPS) is 11.5. The van der Waals surface area contributed by atoms with Crippen LogP contribution in [0.1, 0.15) is 5.56 Å². The van der Waals surface area contributed by atoms with Crippen molar-refractivity contribution in [2.24, 2.45) is 5.14 Å². The van der Waals surface area contributed by atoms with Crippen molar-refractivity contribution in [2.45, 2.75) is 11.8 Å². The number of rotatable bonds is 1. The van der Waals surface area contributed by atoms with E-state index in [4.69, 9.17) is 10.9 Å². The molecular formula is C7H9N2O2S. The van der Waals surface area contributed by atoms with Gasteiger partial charge in [-0.15, -0.1) is 0 Å². The Morgan fingerprint density at radius 2 is 2.00 bits per heavy atom. The first kappa shape index (κ1) is 9.02. The molecule has 3 N–H and O–H groups in total. The summed E-state index contributed by atoms with van der Waals surface area (Å²) in [7, 11) is -3.63. The second kappa shape index (κ2) is 2.76. The summed E-state index contributed by atoms with van der Waals surface area (Å²) in [5, 5.41) is 4.89. The molecule has 0 aliphatic rings. The predicted octanol–water partition coefficient (Wildman–Crippen LogP) is 0.557. The van der Waals surface area contributed by atoms with Crippen LogP contribution in [0.2, 0.25) is 0 Å². The first-order chi connectivity index (χ1) is 5.41. The van der Waals surface area contributed by atoms with E-state index >= 15 is 0 Å². The predicted molar refractivity (Wildman–Crippen MR) is 45.3 cm³/mol. The van der Waals surface area contributed by atoms with Gasteiger partial charge >= 0.3 is 0 Å². The van der Waals surface area contributed by atoms with Crippen molar-refractivity contribution >= 4 is 15.7 Å². The monoisotopic (exact) mass is 185 g/mol. The summed E-state index contributed by atoms with van der Waals surface area (Å²) in [5.74, 6) is 0. The van der Waals surface area contributed by atoms with Crippen molar-refractivity contribution in [3.63, 3.8) is 0 Å². The molecule has 0 bridgehead atoms. The summed E-state index contributed by atoms with van der Waals surface area (Å²) in [6.07, 6.45) is 0. The summed E-state index contributed by atoms with van der Waals surface area (Å²) >= 11 is 0. The van der Waals surface area contributed by atoms with Gasteiger partial charge in [0.2, 0.25) is 10.0 Å². The van der Waals surface area contributed by atoms with Crippen molar-refractivity contribution < 1.29 is 8.42 Å². The molecule has 0 aliphatic carbocycles. The van der Waals surface area contributed by atoms with E-state index in [1.165, 1.54) is 18.2 Å². The third-order valence-electron chi connectivity index (χ3n) is 1.53. The molecule has 0 aromatic heterocycles. The Hall–Kier alpha value is -1.07. The molecular weight excluding hydrogens is 176 g/mol. The Morgan fingerprint density at radius 1 is 1.42 bits per heavy atom. The van der Waals surface area contributed by atoms with Gasteiger partial charge in [0.1, 0.15) is 0 Å². The topological polar surface area (TPSA) is 84.0 Å². The first-order valence-electron chi connectivity index (χ1n) is 3.26. The molecule has 5 heteroatoms. The Bertz CT molecular complexity index is 398. The van der Waals surface area contributed by atoms with Crippen LogP contribution in [0.3, 0.4) is 0 Å². The SMILES string of the molecule is Cc1cc(S(N)(=O)=O)ccc1[NH]. The molecule has 0 unspecified atom stereocenters. The zero-order valence-corrected chi connectivity index (χ0v) is 7.35. The maximum atomic E-state index is 10.8. The third-order valence-corrected chi connectivity index (χ3v) is 2.44. The van der Waals surface area contributed by atoms with Gasteiger partial charge in [0.05, 0.1) is 10.6 Å². The van der Waals surface area contributed by atoms with E-state index < -0.39 is 10.0 Å². The van der Waals surface area contributed by atoms with Crippen LogP contribution in [-0.2, 0) is 10.0 Å². The van der Waals surface area contributed by atoms with Crippen LogP contribution in [0.15, 0.2) is 23.1 Å². The lowest BCUT2D eigenvalue weighted by Gasteiger charge is -2.01. The Morgan fingerprint density at radius 3 is 2.42 bits per heavy atom. The van der Waals surface area contributed by atoms with Gasteiger partial charge in [-0.2, -0.15) is 0 Å². The molecule has 0 saturated carbocycles. The van der Waals surface area contributed by atoms with Crippen LogP contribution < -0.4 is 10.9 Å². The summed E-state index contributed by atoms with van der Waals surface area (Å²) in [4.78, 5) is 0.0519. The molecule has 0 fully saturated rings. The number of nitrogens with one attached hydrogen (secondary N) is 1. The summed E-state index contributed by atoms with van der Waals surface area (Å²) in [5.41, 5.74) is 8.19. The smallest absolute Gasteiger partial charge is 0.238 e. The van der Waals surface area contributed by atoms with Crippen LogP contribution >= 0.6 is 0 Å². The fraction of sp³-hybridized carbons (Fsp3) is 0.143. The number of nitrogens with two attached hydrogens (primary N) is 1. The molecule has 1 aromatic carbocycles. The van der Waals surface area contributed by atoms with Crippen molar-refractivity contribution in [3.8, 4) is 0 Å². The Kier molecular flexibility index (Phi) is 2.08. The van der Waals surface area contributed by atoms with Crippen molar-refractivity contribution in [1.82, 2.24) is 5.73 Å². The Balaban J connectivity index is 3.33. The number of benzene rings is 1. The molecule has 0 heterocycles. The van der Waals surface area contributed by atoms with Gasteiger partial charge in [-0.1, -0.05) is 0 Å². The lowest BCUT2D eigenvalue weighted by molar-refractivity contribution is 0.597. The molecule has 0 amide bonds. The standard InChI is InChI=1S/C7H9N2O2S/c1-5-4-6(12(9,10)11)2-3-7(5)8/h2-4,8H,1H3,(H2,9,10,11). The molecule has 12 heavy (non-hydrogen) atoms. The lowest BCUT2D eigenvalue weighted by Crippen LogP contribution is -2.12. The maximum Gasteiger partial charge on any atom is 0.238 e. The lowest BCUT2D eigenvalue weighted by atomic mass is 10.2. The molecule has 0 atom stereocenters. The number of primary sulfonamides is 1. The quantitative estimate of drug-likeness (QED) is 0.693. The van der Waals surface area contributed by atoms with Gasteiger partial charge in [-0.25, -0.2) is 13.6 Å². The van der Waals surface area contributed by atoms with E-state index in [0.717, 1.165) is 0 Å². The van der Waals surface area contributed by atoms with E-state index in [-0.39, 0.29) is 4.90 Å². The van der Waals surface area contributed by atoms with Crippen LogP contribution in [-0.4, -0.2) is 8.42 Å². The molecule has 1 rings (SSSR count). The molecule has 4 nitrogen and oxygen atoms in total. The number of hydrogen-bond donors (Lipinski definition) is 1. The fourth-order valence-corrected chi connectivity index (χ4v) is 1.41. The second-order valence-corrected chi connectivity index (χ2v) is 4.08. The zero-order valence-electron chi connectivity index (χ0n) is 6.53. The minimum absolute atomic E-state index is 0.0519. The van der Waals surface area contributed by atoms with Crippen molar-refractivity contribution in [1.29, 1.82) is 0 Å². The second-order valence-electron chi connectivity index (χ2n) is 2.52. The van der Waals surface area contributed by atoms with Gasteiger partial charge in [0.15, 0.2) is 0 Å². The van der Waals surface area contributed by atoms with E-state index in [9.17, 15) is 8.42 Å². The van der Waals surface area contributed by atoms with Crippen LogP contribution in [0, 0.1) is 6.92 Å². The van der Waals surface area contributed by atoms with Crippen LogP contribution in [0.5, 0.6) is 0 Å². The average molecular weight is 185 g/mol. The van der Waals surface area contributed by atoms with Crippen molar-refractivity contribution in [2.75, 3.05) is 0 Å². The van der Waals surface area contributed by atoms with E-state index in [0.29, 0.717) is 11.3 Å². The molecule has 0 aliphatic heterocycles. The Labute approximate surface area is 71.2 Å². The highest BCUT2D eigenvalue weighted by molar-refractivity contribution is 7.89. The average Bonchev–Trinajstić information content (AvgIpc) is 1.92. The van der Waals surface area contributed by atoms with Gasteiger partial charge < -0.3 is 5.73 Å². The van der Waals surface area contributed by atoms with Crippen molar-refractivity contribution in [3.05, 3.63) is 23.8 Å².